The van der Waals surface area contributed by atoms with Gasteiger partial charge in [0.25, 0.3) is 5.69 Å². The summed E-state index contributed by atoms with van der Waals surface area (Å²) in [5.74, 6) is 0. The lowest BCUT2D eigenvalue weighted by Gasteiger charge is -2.37. The van der Waals surface area contributed by atoms with E-state index in [1.807, 2.05) is 35.2 Å². The standard InChI is InChI=1S/C20H17ClF3N3/c21-16-8-4-7-15-17(13-18(20(22,23)24)25-19(15)16)27-11-9-26(10-12-27)14-5-2-1-3-6-14/h1-8,13H,9-12H2/p+1. The number of aromatic nitrogens is 1. The van der Waals surface area contributed by atoms with Crippen molar-refractivity contribution in [2.24, 2.45) is 0 Å². The van der Waals surface area contributed by atoms with Crippen molar-refractivity contribution in [3.05, 3.63) is 65.3 Å². The van der Waals surface area contributed by atoms with Crippen LogP contribution in [-0.4, -0.2) is 26.2 Å². The maximum Gasteiger partial charge on any atom is 0.477 e. The Morgan fingerprint density at radius 2 is 1.52 bits per heavy atom. The molecular formula is C20H18ClF3N3+. The fourth-order valence-electron chi connectivity index (χ4n) is 3.51. The molecule has 0 amide bonds. The van der Waals surface area contributed by atoms with Crippen LogP contribution < -0.4 is 14.8 Å². The number of para-hydroxylation sites is 2. The van der Waals surface area contributed by atoms with Crippen molar-refractivity contribution in [1.82, 2.24) is 0 Å². The highest BCUT2D eigenvalue weighted by molar-refractivity contribution is 6.35. The summed E-state index contributed by atoms with van der Waals surface area (Å²) < 4.78 is 40.1. The molecule has 1 saturated heterocycles. The summed E-state index contributed by atoms with van der Waals surface area (Å²) in [7, 11) is 0. The Kier molecular flexibility index (Phi) is 4.60. The number of nitrogens with one attached hydrogen (secondary N) is 1. The number of fused-ring (bicyclic) bond motifs is 1. The number of halogens is 4. The zero-order valence-electron chi connectivity index (χ0n) is 14.4. The van der Waals surface area contributed by atoms with E-state index in [0.29, 0.717) is 29.7 Å². The summed E-state index contributed by atoms with van der Waals surface area (Å²) >= 11 is 6.17. The van der Waals surface area contributed by atoms with Gasteiger partial charge in [0.2, 0.25) is 5.52 Å². The van der Waals surface area contributed by atoms with Gasteiger partial charge < -0.3 is 9.80 Å². The molecule has 27 heavy (non-hydrogen) atoms. The molecule has 0 bridgehead atoms. The summed E-state index contributed by atoms with van der Waals surface area (Å²) in [5, 5.41) is 0.978. The summed E-state index contributed by atoms with van der Waals surface area (Å²) in [6.07, 6.45) is -4.46. The van der Waals surface area contributed by atoms with Crippen molar-refractivity contribution in [3.63, 3.8) is 0 Å². The third kappa shape index (κ3) is 3.54. The molecule has 3 nitrogen and oxygen atoms in total. The lowest BCUT2D eigenvalue weighted by atomic mass is 10.1. The van der Waals surface area contributed by atoms with Gasteiger partial charge in [0.15, 0.2) is 0 Å². The van der Waals surface area contributed by atoms with E-state index in [0.717, 1.165) is 18.8 Å². The lowest BCUT2D eigenvalue weighted by molar-refractivity contribution is -0.398. The van der Waals surface area contributed by atoms with Crippen LogP contribution in [0.25, 0.3) is 10.9 Å². The molecule has 0 saturated carbocycles. The minimum absolute atomic E-state index is 0.280. The summed E-state index contributed by atoms with van der Waals surface area (Å²) in [6, 6.07) is 16.4. The molecule has 0 spiro atoms. The van der Waals surface area contributed by atoms with E-state index in [2.05, 4.69) is 9.88 Å². The van der Waals surface area contributed by atoms with Gasteiger partial charge in [-0.2, -0.15) is 18.2 Å². The number of aromatic amines is 1. The van der Waals surface area contributed by atoms with E-state index in [4.69, 9.17) is 11.6 Å². The Bertz CT molecular complexity index is 952. The monoisotopic (exact) mass is 392 g/mol. The highest BCUT2D eigenvalue weighted by atomic mass is 35.5. The minimum atomic E-state index is -4.46. The number of piperazine rings is 1. The van der Waals surface area contributed by atoms with Gasteiger partial charge in [-0.1, -0.05) is 35.9 Å². The van der Waals surface area contributed by atoms with E-state index in [9.17, 15) is 13.2 Å². The maximum atomic E-state index is 13.4. The topological polar surface area (TPSA) is 20.6 Å². The zero-order chi connectivity index (χ0) is 19.0. The van der Waals surface area contributed by atoms with E-state index in [1.165, 1.54) is 6.07 Å². The Morgan fingerprint density at radius 3 is 2.19 bits per heavy atom. The van der Waals surface area contributed by atoms with E-state index >= 15 is 0 Å². The van der Waals surface area contributed by atoms with Crippen LogP contribution in [0.1, 0.15) is 5.69 Å². The summed E-state index contributed by atoms with van der Waals surface area (Å²) in [6.45, 7) is 2.76. The molecule has 0 unspecified atom stereocenters. The first-order chi connectivity index (χ1) is 12.9. The Labute approximate surface area is 160 Å². The smallest absolute Gasteiger partial charge is 0.368 e. The first-order valence-electron chi connectivity index (χ1n) is 8.70. The predicted octanol–water partition coefficient (Wildman–Crippen LogP) is 4.65. The van der Waals surface area contributed by atoms with Crippen molar-refractivity contribution in [2.75, 3.05) is 36.0 Å². The largest absolute Gasteiger partial charge is 0.477 e. The fraction of sp³-hybridized carbons (Fsp3) is 0.250. The van der Waals surface area contributed by atoms with Crippen LogP contribution in [-0.2, 0) is 6.18 Å². The number of alkyl halides is 3. The van der Waals surface area contributed by atoms with Gasteiger partial charge in [0.1, 0.15) is 5.02 Å². The van der Waals surface area contributed by atoms with Gasteiger partial charge in [-0.3, -0.25) is 0 Å². The minimum Gasteiger partial charge on any atom is -0.368 e. The van der Waals surface area contributed by atoms with Crippen LogP contribution in [0.4, 0.5) is 24.5 Å². The SMILES string of the molecule is FC(F)(F)c1cc(N2CCN(c3ccccc3)CC2)c2cccc(Cl)c2[nH+]1. The van der Waals surface area contributed by atoms with Gasteiger partial charge in [-0.25, -0.2) is 0 Å². The predicted molar refractivity (Wildman–Crippen MR) is 101 cm³/mol. The van der Waals surface area contributed by atoms with Crippen molar-refractivity contribution in [1.29, 1.82) is 0 Å². The lowest BCUT2D eigenvalue weighted by Crippen LogP contribution is -2.46. The molecule has 1 N–H and O–H groups in total. The zero-order valence-corrected chi connectivity index (χ0v) is 15.2. The van der Waals surface area contributed by atoms with Crippen LogP contribution >= 0.6 is 11.6 Å². The number of pyridine rings is 1. The molecule has 1 fully saturated rings. The summed E-state index contributed by atoms with van der Waals surface area (Å²) in [5.41, 5.74) is 1.21. The molecule has 2 heterocycles. The number of hydrogen-bond acceptors (Lipinski definition) is 2. The van der Waals surface area contributed by atoms with Crippen molar-refractivity contribution >= 4 is 33.9 Å². The average Bonchev–Trinajstić information content (AvgIpc) is 2.68. The number of hydrogen-bond donors (Lipinski definition) is 0. The van der Waals surface area contributed by atoms with Gasteiger partial charge in [-0.15, -0.1) is 0 Å². The van der Waals surface area contributed by atoms with Crippen LogP contribution in [0.15, 0.2) is 54.6 Å². The van der Waals surface area contributed by atoms with Crippen LogP contribution in [0, 0.1) is 0 Å². The van der Waals surface area contributed by atoms with Crippen LogP contribution in [0.2, 0.25) is 5.02 Å². The molecule has 7 heteroatoms. The molecule has 0 atom stereocenters. The van der Waals surface area contributed by atoms with Crippen molar-refractivity contribution in [2.45, 2.75) is 6.18 Å². The normalized spacial score (nSPS) is 15.4. The fourth-order valence-corrected chi connectivity index (χ4v) is 3.73. The molecule has 1 aliphatic rings. The third-order valence-corrected chi connectivity index (χ3v) is 5.19. The molecule has 2 aromatic carbocycles. The van der Waals surface area contributed by atoms with E-state index < -0.39 is 11.9 Å². The highest BCUT2D eigenvalue weighted by Gasteiger charge is 2.40. The molecule has 1 aliphatic heterocycles. The second-order valence-electron chi connectivity index (χ2n) is 6.54. The summed E-state index contributed by atoms with van der Waals surface area (Å²) in [4.78, 5) is 6.70. The van der Waals surface area contributed by atoms with Gasteiger partial charge in [0, 0.05) is 37.9 Å². The Morgan fingerprint density at radius 1 is 0.852 bits per heavy atom. The molecule has 1 aromatic heterocycles. The van der Waals surface area contributed by atoms with Crippen molar-refractivity contribution < 1.29 is 18.2 Å². The number of benzene rings is 2. The second-order valence-corrected chi connectivity index (χ2v) is 6.95. The highest BCUT2D eigenvalue weighted by Crippen LogP contribution is 2.35. The van der Waals surface area contributed by atoms with E-state index in [-0.39, 0.29) is 5.02 Å². The van der Waals surface area contributed by atoms with Gasteiger partial charge in [0.05, 0.1) is 11.1 Å². The molecule has 3 aromatic rings. The van der Waals surface area contributed by atoms with Crippen LogP contribution in [0.5, 0.6) is 0 Å². The number of rotatable bonds is 2. The van der Waals surface area contributed by atoms with Crippen LogP contribution in [0.3, 0.4) is 0 Å². The molecule has 0 aliphatic carbocycles. The van der Waals surface area contributed by atoms with Gasteiger partial charge >= 0.3 is 6.18 Å². The molecule has 0 radical (unpaired) electrons. The third-order valence-electron chi connectivity index (χ3n) is 4.88. The molecule has 4 rings (SSSR count). The van der Waals surface area contributed by atoms with E-state index in [1.54, 1.807) is 18.2 Å². The number of anilines is 2. The first-order valence-corrected chi connectivity index (χ1v) is 9.08. The molecular weight excluding hydrogens is 375 g/mol. The van der Waals surface area contributed by atoms with Crippen molar-refractivity contribution in [3.8, 4) is 0 Å². The maximum absolute atomic E-state index is 13.4. The number of nitrogens with zero attached hydrogens (tertiary/aromatic N) is 2. The second kappa shape index (κ2) is 6.93. The van der Waals surface area contributed by atoms with Gasteiger partial charge in [-0.05, 0) is 24.3 Å². The number of H-pyrrole nitrogens is 1. The molecule has 140 valence electrons. The first kappa shape index (κ1) is 17.9. The Hall–Kier alpha value is -2.47. The average molecular weight is 393 g/mol. The quantitative estimate of drug-likeness (QED) is 0.632. The Balaban J connectivity index is 1.68.